The van der Waals surface area contributed by atoms with Gasteiger partial charge in [-0.1, -0.05) is 24.3 Å². The van der Waals surface area contributed by atoms with E-state index in [4.69, 9.17) is 4.74 Å². The van der Waals surface area contributed by atoms with E-state index >= 15 is 0 Å². The Balaban J connectivity index is 0.00000196. The van der Waals surface area contributed by atoms with Crippen molar-refractivity contribution in [2.45, 2.75) is 32.7 Å². The highest BCUT2D eigenvalue weighted by molar-refractivity contribution is 6.03. The molecule has 2 aromatic rings. The van der Waals surface area contributed by atoms with Crippen molar-refractivity contribution in [2.24, 2.45) is 0 Å². The van der Waals surface area contributed by atoms with Gasteiger partial charge in [0.05, 0.1) is 11.3 Å². The van der Waals surface area contributed by atoms with E-state index in [1.54, 1.807) is 25.1 Å². The number of amides is 2. The molecule has 0 fully saturated rings. The molecule has 0 saturated carbocycles. The van der Waals surface area contributed by atoms with E-state index in [1.807, 2.05) is 6.07 Å². The fraction of sp³-hybridized carbons (Fsp3) is 0.263. The van der Waals surface area contributed by atoms with Crippen molar-refractivity contribution >= 4 is 29.9 Å². The molecule has 26 heavy (non-hydrogen) atoms. The summed E-state index contributed by atoms with van der Waals surface area (Å²) in [6.45, 7) is 3.87. The molecule has 136 valence electrons. The van der Waals surface area contributed by atoms with E-state index in [0.717, 1.165) is 18.7 Å². The predicted octanol–water partition coefficient (Wildman–Crippen LogP) is 2.36. The van der Waals surface area contributed by atoms with Gasteiger partial charge in [-0.05, 0) is 35.7 Å². The molecule has 2 amide bonds. The lowest BCUT2D eigenvalue weighted by Crippen LogP contribution is -2.35. The molecular formula is C19H20ClN3O3. The molecule has 0 spiro atoms. The molecular weight excluding hydrogens is 354 g/mol. The first-order valence-corrected chi connectivity index (χ1v) is 8.32. The van der Waals surface area contributed by atoms with Crippen LogP contribution in [0.1, 0.15) is 34.0 Å². The number of carbonyl (C=O) groups is 2. The molecule has 2 aromatic carbocycles. The van der Waals surface area contributed by atoms with Crippen LogP contribution < -0.4 is 20.7 Å². The van der Waals surface area contributed by atoms with Gasteiger partial charge < -0.3 is 20.7 Å². The fourth-order valence-corrected chi connectivity index (χ4v) is 3.14. The Kier molecular flexibility index (Phi) is 5.15. The molecule has 0 bridgehead atoms. The van der Waals surface area contributed by atoms with Gasteiger partial charge in [0.25, 0.3) is 11.8 Å². The molecule has 2 aliphatic heterocycles. The molecule has 6 nitrogen and oxygen atoms in total. The Hall–Kier alpha value is -2.57. The summed E-state index contributed by atoms with van der Waals surface area (Å²) in [5, 5.41) is 9.00. The van der Waals surface area contributed by atoms with Crippen molar-refractivity contribution in [1.82, 2.24) is 10.6 Å². The highest BCUT2D eigenvalue weighted by Gasteiger charge is 2.27. The maximum atomic E-state index is 12.6. The first-order chi connectivity index (χ1) is 12.1. The van der Waals surface area contributed by atoms with Gasteiger partial charge in [-0.3, -0.25) is 9.59 Å². The van der Waals surface area contributed by atoms with Crippen LogP contribution in [0.5, 0.6) is 5.75 Å². The van der Waals surface area contributed by atoms with Crippen LogP contribution in [0.3, 0.4) is 0 Å². The molecule has 2 heterocycles. The monoisotopic (exact) mass is 373 g/mol. The number of hydrogen-bond donors (Lipinski definition) is 3. The van der Waals surface area contributed by atoms with Gasteiger partial charge in [-0.2, -0.15) is 0 Å². The van der Waals surface area contributed by atoms with Crippen molar-refractivity contribution in [1.29, 1.82) is 0 Å². The minimum Gasteiger partial charge on any atom is -0.478 e. The summed E-state index contributed by atoms with van der Waals surface area (Å²) in [5.74, 6) is -0.0131. The summed E-state index contributed by atoms with van der Waals surface area (Å²) in [6.07, 6.45) is -0.620. The number of ether oxygens (including phenoxy) is 1. The van der Waals surface area contributed by atoms with Crippen LogP contribution in [0.25, 0.3) is 0 Å². The summed E-state index contributed by atoms with van der Waals surface area (Å²) in [7, 11) is 0. The van der Waals surface area contributed by atoms with E-state index in [9.17, 15) is 9.59 Å². The lowest BCUT2D eigenvalue weighted by molar-refractivity contribution is -0.122. The second-order valence-electron chi connectivity index (χ2n) is 6.32. The van der Waals surface area contributed by atoms with Crippen molar-refractivity contribution in [3.8, 4) is 5.75 Å². The van der Waals surface area contributed by atoms with Gasteiger partial charge >= 0.3 is 0 Å². The lowest BCUT2D eigenvalue weighted by Gasteiger charge is -2.25. The van der Waals surface area contributed by atoms with E-state index in [1.165, 1.54) is 11.1 Å². The van der Waals surface area contributed by atoms with Gasteiger partial charge in [0, 0.05) is 19.6 Å². The molecule has 1 unspecified atom stereocenters. The summed E-state index contributed by atoms with van der Waals surface area (Å²) in [5.41, 5.74) is 4.60. The fourth-order valence-electron chi connectivity index (χ4n) is 3.14. The first-order valence-electron chi connectivity index (χ1n) is 8.32. The molecule has 0 aliphatic carbocycles. The number of nitrogens with one attached hydrogen (secondary N) is 3. The van der Waals surface area contributed by atoms with E-state index < -0.39 is 6.10 Å². The van der Waals surface area contributed by atoms with Crippen LogP contribution in [0.4, 0.5) is 5.69 Å². The van der Waals surface area contributed by atoms with Crippen LogP contribution in [0.15, 0.2) is 36.4 Å². The minimum atomic E-state index is -0.620. The predicted molar refractivity (Wildman–Crippen MR) is 101 cm³/mol. The van der Waals surface area contributed by atoms with Crippen molar-refractivity contribution in [2.75, 3.05) is 5.32 Å². The maximum absolute atomic E-state index is 12.6. The molecule has 0 aromatic heterocycles. The lowest BCUT2D eigenvalue weighted by atomic mass is 10.1. The topological polar surface area (TPSA) is 79.5 Å². The molecule has 1 atom stereocenters. The van der Waals surface area contributed by atoms with Crippen molar-refractivity contribution < 1.29 is 14.3 Å². The number of anilines is 1. The molecule has 0 saturated heterocycles. The van der Waals surface area contributed by atoms with Crippen molar-refractivity contribution in [3.05, 3.63) is 58.7 Å². The Labute approximate surface area is 157 Å². The standard InChI is InChI=1S/C19H19N3O3.ClH/c1-11-18(23)22-16-4-2-3-15(17(16)25-11)19(24)21-8-12-5-6-13-9-20-10-14(13)7-12;/h2-7,11,20H,8-10H2,1H3,(H,21,24)(H,22,23);1H. The highest BCUT2D eigenvalue weighted by atomic mass is 35.5. The zero-order valence-corrected chi connectivity index (χ0v) is 15.1. The number of hydrogen-bond acceptors (Lipinski definition) is 4. The summed E-state index contributed by atoms with van der Waals surface area (Å²) in [4.78, 5) is 24.3. The normalized spacial score (nSPS) is 17.3. The van der Waals surface area contributed by atoms with Gasteiger partial charge in [-0.15, -0.1) is 12.4 Å². The smallest absolute Gasteiger partial charge is 0.265 e. The maximum Gasteiger partial charge on any atom is 0.265 e. The largest absolute Gasteiger partial charge is 0.478 e. The molecule has 0 radical (unpaired) electrons. The van der Waals surface area contributed by atoms with Crippen molar-refractivity contribution in [3.63, 3.8) is 0 Å². The van der Waals surface area contributed by atoms with Gasteiger partial charge in [0.2, 0.25) is 0 Å². The molecule has 3 N–H and O–H groups in total. The Morgan fingerprint density at radius 3 is 2.88 bits per heavy atom. The van der Waals surface area contributed by atoms with Gasteiger partial charge in [-0.25, -0.2) is 0 Å². The second-order valence-corrected chi connectivity index (χ2v) is 6.32. The zero-order chi connectivity index (χ0) is 17.4. The summed E-state index contributed by atoms with van der Waals surface area (Å²) < 4.78 is 5.63. The second kappa shape index (κ2) is 7.35. The molecule has 4 rings (SSSR count). The third-order valence-electron chi connectivity index (χ3n) is 4.54. The van der Waals surface area contributed by atoms with Crippen LogP contribution in [-0.4, -0.2) is 17.9 Å². The third-order valence-corrected chi connectivity index (χ3v) is 4.54. The average Bonchev–Trinajstić information content (AvgIpc) is 3.08. The van der Waals surface area contributed by atoms with Crippen LogP contribution in [-0.2, 0) is 24.4 Å². The average molecular weight is 374 g/mol. The Bertz CT molecular complexity index is 869. The highest BCUT2D eigenvalue weighted by Crippen LogP contribution is 2.33. The Morgan fingerprint density at radius 1 is 1.23 bits per heavy atom. The van der Waals surface area contributed by atoms with Gasteiger partial charge in [0.1, 0.15) is 0 Å². The first kappa shape index (κ1) is 18.2. The number of para-hydroxylation sites is 1. The number of carbonyl (C=O) groups excluding carboxylic acids is 2. The third kappa shape index (κ3) is 3.38. The number of fused-ring (bicyclic) bond motifs is 2. The Morgan fingerprint density at radius 2 is 2.04 bits per heavy atom. The van der Waals surface area contributed by atoms with Crippen LogP contribution >= 0.6 is 12.4 Å². The van der Waals surface area contributed by atoms with Crippen LogP contribution in [0, 0.1) is 0 Å². The SMILES string of the molecule is CC1Oc2c(cccc2C(=O)NCc2ccc3c(c2)CNC3)NC1=O.Cl. The van der Waals surface area contributed by atoms with Gasteiger partial charge in [0.15, 0.2) is 11.9 Å². The number of rotatable bonds is 3. The molecule has 7 heteroatoms. The number of benzene rings is 2. The summed E-state index contributed by atoms with van der Waals surface area (Å²) >= 11 is 0. The van der Waals surface area contributed by atoms with Crippen LogP contribution in [0.2, 0.25) is 0 Å². The zero-order valence-electron chi connectivity index (χ0n) is 14.3. The van der Waals surface area contributed by atoms with E-state index in [2.05, 4.69) is 28.1 Å². The minimum absolute atomic E-state index is 0. The molecule has 2 aliphatic rings. The van der Waals surface area contributed by atoms with E-state index in [-0.39, 0.29) is 24.2 Å². The quantitative estimate of drug-likeness (QED) is 0.771. The van der Waals surface area contributed by atoms with E-state index in [0.29, 0.717) is 23.5 Å². The number of halogens is 1. The summed E-state index contributed by atoms with van der Waals surface area (Å²) in [6, 6.07) is 11.4.